The van der Waals surface area contributed by atoms with E-state index in [1.54, 1.807) is 0 Å². The summed E-state index contributed by atoms with van der Waals surface area (Å²) in [6.07, 6.45) is 0. The fourth-order valence-corrected chi connectivity index (χ4v) is 4.11. The maximum absolute atomic E-state index is 11.4. The zero-order valence-electron chi connectivity index (χ0n) is 15.0. The molecule has 3 aromatic rings. The van der Waals surface area contributed by atoms with Crippen molar-refractivity contribution in [2.75, 3.05) is 36.4 Å². The molecule has 0 bridgehead atoms. The molecular formula is C21H23N3O2S. The number of piperazine rings is 1. The Bertz CT molecular complexity index is 1010. The van der Waals surface area contributed by atoms with E-state index in [4.69, 9.17) is 0 Å². The Balaban J connectivity index is 1.73. The quantitative estimate of drug-likeness (QED) is 0.593. The van der Waals surface area contributed by atoms with Gasteiger partial charge in [0.1, 0.15) is 10.7 Å². The zero-order chi connectivity index (χ0) is 18.6. The van der Waals surface area contributed by atoms with Gasteiger partial charge in [0.25, 0.3) is 0 Å². The van der Waals surface area contributed by atoms with Gasteiger partial charge in [0.15, 0.2) is 0 Å². The van der Waals surface area contributed by atoms with Crippen LogP contribution in [-0.2, 0) is 16.5 Å². The van der Waals surface area contributed by atoms with Crippen molar-refractivity contribution < 1.29 is 8.42 Å². The van der Waals surface area contributed by atoms with E-state index in [9.17, 15) is 8.42 Å². The van der Waals surface area contributed by atoms with Crippen molar-refractivity contribution in [2.24, 2.45) is 0 Å². The predicted octanol–water partition coefficient (Wildman–Crippen LogP) is 3.10. The molecule has 1 heterocycles. The minimum absolute atomic E-state index is 0.0320. The largest absolute Gasteiger partial charge is 0.369 e. The summed E-state index contributed by atoms with van der Waals surface area (Å²) < 4.78 is 22.7. The highest BCUT2D eigenvalue weighted by Crippen LogP contribution is 2.31. The van der Waals surface area contributed by atoms with Crippen molar-refractivity contribution in [1.82, 2.24) is 5.32 Å². The minimum Gasteiger partial charge on any atom is -0.369 e. The summed E-state index contributed by atoms with van der Waals surface area (Å²) in [6, 6.07) is 20.3. The van der Waals surface area contributed by atoms with Gasteiger partial charge < -0.3 is 15.5 Å². The number of nitrogens with one attached hydrogen (secondary N) is 2. The van der Waals surface area contributed by atoms with Crippen LogP contribution in [0.2, 0.25) is 0 Å². The van der Waals surface area contributed by atoms with Gasteiger partial charge in [-0.1, -0.05) is 42.5 Å². The number of hydrogen-bond donors (Lipinski definition) is 3. The van der Waals surface area contributed by atoms with Crippen LogP contribution in [0.15, 0.2) is 60.7 Å². The number of hydrogen-bond acceptors (Lipinski definition) is 5. The van der Waals surface area contributed by atoms with Gasteiger partial charge in [-0.05, 0) is 29.1 Å². The van der Waals surface area contributed by atoms with Crippen molar-refractivity contribution in [2.45, 2.75) is 5.75 Å². The van der Waals surface area contributed by atoms with Gasteiger partial charge in [-0.25, -0.2) is 8.42 Å². The Morgan fingerprint density at radius 3 is 2.52 bits per heavy atom. The standard InChI is InChI=1S/C21H23N3O2S/c25-27(26)15-17-8-9-18(24-12-10-22-11-13-24)14-21(17)23-20-7-3-5-16-4-1-2-6-19(16)20/h1-9,14,22-23,27H,10-13,15H2. The average Bonchev–Trinajstić information content (AvgIpc) is 2.70. The molecule has 6 heteroatoms. The summed E-state index contributed by atoms with van der Waals surface area (Å²) >= 11 is 0. The third-order valence-corrected chi connectivity index (χ3v) is 5.53. The third kappa shape index (κ3) is 4.07. The molecule has 1 fully saturated rings. The Hall–Kier alpha value is -2.57. The summed E-state index contributed by atoms with van der Waals surface area (Å²) in [5.74, 6) is 0.0320. The van der Waals surface area contributed by atoms with Crippen molar-refractivity contribution in [1.29, 1.82) is 0 Å². The number of thiol groups is 1. The van der Waals surface area contributed by atoms with Crippen LogP contribution in [-0.4, -0.2) is 34.6 Å². The van der Waals surface area contributed by atoms with E-state index in [1.165, 1.54) is 0 Å². The van der Waals surface area contributed by atoms with Gasteiger partial charge in [-0.3, -0.25) is 0 Å². The minimum atomic E-state index is -2.49. The number of benzene rings is 3. The van der Waals surface area contributed by atoms with Crippen LogP contribution >= 0.6 is 0 Å². The van der Waals surface area contributed by atoms with Crippen molar-refractivity contribution in [3.8, 4) is 0 Å². The third-order valence-electron chi connectivity index (χ3n) is 4.93. The first-order valence-electron chi connectivity index (χ1n) is 9.16. The van der Waals surface area contributed by atoms with E-state index in [1.807, 2.05) is 36.4 Å². The molecule has 4 rings (SSSR count). The molecule has 0 aromatic heterocycles. The van der Waals surface area contributed by atoms with Crippen LogP contribution in [0.5, 0.6) is 0 Å². The molecule has 0 amide bonds. The lowest BCUT2D eigenvalue weighted by Crippen LogP contribution is -2.43. The lowest BCUT2D eigenvalue weighted by Gasteiger charge is -2.30. The summed E-state index contributed by atoms with van der Waals surface area (Å²) in [7, 11) is -2.49. The summed E-state index contributed by atoms with van der Waals surface area (Å²) in [5.41, 5.74) is 3.73. The highest BCUT2D eigenvalue weighted by Gasteiger charge is 2.14. The molecule has 2 N–H and O–H groups in total. The maximum atomic E-state index is 11.4. The first kappa shape index (κ1) is 17.8. The molecule has 0 radical (unpaired) electrons. The molecule has 0 spiro atoms. The van der Waals surface area contributed by atoms with E-state index in [2.05, 4.69) is 39.8 Å². The molecule has 0 unspecified atom stereocenters. The predicted molar refractivity (Wildman–Crippen MR) is 113 cm³/mol. The second kappa shape index (κ2) is 7.98. The average molecular weight is 382 g/mol. The van der Waals surface area contributed by atoms with E-state index < -0.39 is 10.7 Å². The second-order valence-electron chi connectivity index (χ2n) is 6.72. The molecule has 27 heavy (non-hydrogen) atoms. The lowest BCUT2D eigenvalue weighted by molar-refractivity contribution is 0.589. The van der Waals surface area contributed by atoms with E-state index >= 15 is 0 Å². The van der Waals surface area contributed by atoms with Crippen LogP contribution in [0, 0.1) is 0 Å². The molecule has 0 atom stereocenters. The molecule has 0 saturated carbocycles. The Morgan fingerprint density at radius 2 is 1.70 bits per heavy atom. The molecule has 1 aliphatic rings. The zero-order valence-corrected chi connectivity index (χ0v) is 15.9. The first-order valence-corrected chi connectivity index (χ1v) is 10.5. The summed E-state index contributed by atoms with van der Waals surface area (Å²) in [6.45, 7) is 3.81. The SMILES string of the molecule is O=[SH](=O)Cc1ccc(N2CCNCC2)cc1Nc1cccc2ccccc12. The molecule has 5 nitrogen and oxygen atoms in total. The van der Waals surface area contributed by atoms with Gasteiger partial charge >= 0.3 is 0 Å². The molecule has 1 saturated heterocycles. The van der Waals surface area contributed by atoms with E-state index in [-0.39, 0.29) is 5.75 Å². The number of nitrogens with zero attached hydrogens (tertiary/aromatic N) is 1. The second-order valence-corrected chi connectivity index (χ2v) is 7.70. The van der Waals surface area contributed by atoms with Crippen molar-refractivity contribution >= 4 is 38.5 Å². The topological polar surface area (TPSA) is 61.4 Å². The lowest BCUT2D eigenvalue weighted by atomic mass is 10.1. The fourth-order valence-electron chi connectivity index (χ4n) is 3.56. The van der Waals surface area contributed by atoms with E-state index in [0.29, 0.717) is 0 Å². The maximum Gasteiger partial charge on any atom is 0.144 e. The molecule has 1 aliphatic heterocycles. The summed E-state index contributed by atoms with van der Waals surface area (Å²) in [4.78, 5) is 2.33. The molecule has 0 aliphatic carbocycles. The van der Waals surface area contributed by atoms with Crippen molar-refractivity contribution in [3.05, 3.63) is 66.2 Å². The highest BCUT2D eigenvalue weighted by atomic mass is 32.2. The number of anilines is 3. The Kier molecular flexibility index (Phi) is 5.27. The van der Waals surface area contributed by atoms with Crippen LogP contribution in [0.3, 0.4) is 0 Å². The number of fused-ring (bicyclic) bond motifs is 1. The van der Waals surface area contributed by atoms with Crippen LogP contribution in [0.1, 0.15) is 5.56 Å². The van der Waals surface area contributed by atoms with Crippen LogP contribution in [0.4, 0.5) is 17.1 Å². The fraction of sp³-hybridized carbons (Fsp3) is 0.238. The number of rotatable bonds is 5. The Morgan fingerprint density at radius 1 is 0.926 bits per heavy atom. The van der Waals surface area contributed by atoms with Gasteiger partial charge in [0, 0.05) is 48.6 Å². The van der Waals surface area contributed by atoms with Gasteiger partial charge in [0.05, 0.1) is 5.75 Å². The molecule has 3 aromatic carbocycles. The van der Waals surface area contributed by atoms with Gasteiger partial charge in [0.2, 0.25) is 0 Å². The normalized spacial score (nSPS) is 14.6. The monoisotopic (exact) mass is 381 g/mol. The van der Waals surface area contributed by atoms with Crippen LogP contribution in [0.25, 0.3) is 10.8 Å². The Labute approximate surface area is 161 Å². The van der Waals surface area contributed by atoms with Gasteiger partial charge in [-0.2, -0.15) is 0 Å². The smallest absolute Gasteiger partial charge is 0.144 e. The summed E-state index contributed by atoms with van der Waals surface area (Å²) in [5, 5.41) is 9.12. The molecular weight excluding hydrogens is 358 g/mol. The highest BCUT2D eigenvalue weighted by molar-refractivity contribution is 7.71. The van der Waals surface area contributed by atoms with Crippen molar-refractivity contribution in [3.63, 3.8) is 0 Å². The van der Waals surface area contributed by atoms with Gasteiger partial charge in [-0.15, -0.1) is 0 Å². The van der Waals surface area contributed by atoms with Crippen LogP contribution < -0.4 is 15.5 Å². The molecule has 140 valence electrons. The first-order chi connectivity index (χ1) is 13.2. The van der Waals surface area contributed by atoms with E-state index in [0.717, 1.165) is 59.6 Å².